The van der Waals surface area contributed by atoms with Crippen LogP contribution < -0.4 is 4.74 Å². The van der Waals surface area contributed by atoms with Crippen molar-refractivity contribution in [3.05, 3.63) is 63.3 Å². The molecule has 8 heteroatoms. The lowest BCUT2D eigenvalue weighted by molar-refractivity contribution is 0.0299. The third kappa shape index (κ3) is 4.86. The van der Waals surface area contributed by atoms with Gasteiger partial charge >= 0.3 is 0 Å². The van der Waals surface area contributed by atoms with E-state index in [4.69, 9.17) is 37.9 Å². The number of rotatable bonds is 7. The number of nitrogens with zero attached hydrogens (tertiary/aromatic N) is 2. The van der Waals surface area contributed by atoms with E-state index in [2.05, 4.69) is 11.1 Å². The zero-order chi connectivity index (χ0) is 22.5. The Morgan fingerprint density at radius 1 is 1.16 bits per heavy atom. The summed E-state index contributed by atoms with van der Waals surface area (Å²) in [6, 6.07) is 13.2. The van der Waals surface area contributed by atoms with Crippen LogP contribution in [0, 0.1) is 11.3 Å². The standard InChI is InChI=1S/C24H23Cl2N3O3/c25-20-5-3-6-21(26)19(20)15-32-16-7-8-22-18(14-16)17(4-1-2-9-27)23(28-22)24(30)29-10-12-31-13-11-29/h3,5-8,14,28H,1-2,4,10-13,15H2. The fourth-order valence-corrected chi connectivity index (χ4v) is 4.36. The van der Waals surface area contributed by atoms with Gasteiger partial charge in [-0.1, -0.05) is 29.3 Å². The summed E-state index contributed by atoms with van der Waals surface area (Å²) in [5, 5.41) is 11.0. The number of benzene rings is 2. The van der Waals surface area contributed by atoms with Crippen LogP contribution in [0.3, 0.4) is 0 Å². The van der Waals surface area contributed by atoms with Crippen LogP contribution in [0.15, 0.2) is 36.4 Å². The Kier molecular flexibility index (Phi) is 7.21. The van der Waals surface area contributed by atoms with Crippen LogP contribution in [0.2, 0.25) is 10.0 Å². The summed E-state index contributed by atoms with van der Waals surface area (Å²) in [7, 11) is 0. The van der Waals surface area contributed by atoms with E-state index < -0.39 is 0 Å². The van der Waals surface area contributed by atoms with Gasteiger partial charge < -0.3 is 19.4 Å². The number of hydrogen-bond donors (Lipinski definition) is 1. The Morgan fingerprint density at radius 2 is 1.91 bits per heavy atom. The Balaban J connectivity index is 1.63. The van der Waals surface area contributed by atoms with Crippen LogP contribution in [0.4, 0.5) is 0 Å². The molecule has 4 rings (SSSR count). The molecular weight excluding hydrogens is 449 g/mol. The Morgan fingerprint density at radius 3 is 2.62 bits per heavy atom. The van der Waals surface area contributed by atoms with Crippen LogP contribution in [-0.4, -0.2) is 42.1 Å². The van der Waals surface area contributed by atoms with Crippen molar-refractivity contribution in [1.29, 1.82) is 5.26 Å². The molecule has 0 atom stereocenters. The molecule has 1 amide bonds. The van der Waals surface area contributed by atoms with Crippen LogP contribution >= 0.6 is 23.2 Å². The summed E-state index contributed by atoms with van der Waals surface area (Å²) in [6.07, 6.45) is 1.73. The number of aryl methyl sites for hydroxylation is 1. The van der Waals surface area contributed by atoms with Gasteiger partial charge in [-0.2, -0.15) is 5.26 Å². The van der Waals surface area contributed by atoms with Gasteiger partial charge in [0, 0.05) is 46.0 Å². The van der Waals surface area contributed by atoms with Gasteiger partial charge in [-0.15, -0.1) is 0 Å². The predicted molar refractivity (Wildman–Crippen MR) is 124 cm³/mol. The highest BCUT2D eigenvalue weighted by molar-refractivity contribution is 6.35. The van der Waals surface area contributed by atoms with Crippen LogP contribution in [0.5, 0.6) is 5.75 Å². The third-order valence-electron chi connectivity index (χ3n) is 5.55. The average molecular weight is 472 g/mol. The second-order valence-electron chi connectivity index (χ2n) is 7.59. The first-order valence-corrected chi connectivity index (χ1v) is 11.3. The zero-order valence-corrected chi connectivity index (χ0v) is 19.0. The minimum Gasteiger partial charge on any atom is -0.489 e. The number of amides is 1. The molecule has 3 aromatic rings. The number of halogens is 2. The molecule has 0 spiro atoms. The zero-order valence-electron chi connectivity index (χ0n) is 17.5. The highest BCUT2D eigenvalue weighted by Gasteiger charge is 2.24. The van der Waals surface area contributed by atoms with Gasteiger partial charge in [0.15, 0.2) is 0 Å². The molecule has 6 nitrogen and oxygen atoms in total. The average Bonchev–Trinajstić information content (AvgIpc) is 3.17. The summed E-state index contributed by atoms with van der Waals surface area (Å²) >= 11 is 12.5. The normalized spacial score (nSPS) is 13.8. The number of carbonyl (C=O) groups excluding carboxylic acids is 1. The predicted octanol–water partition coefficient (Wildman–Crippen LogP) is 5.37. The van der Waals surface area contributed by atoms with Gasteiger partial charge in [0.25, 0.3) is 5.91 Å². The summed E-state index contributed by atoms with van der Waals surface area (Å²) in [5.41, 5.74) is 3.07. The second kappa shape index (κ2) is 10.3. The number of fused-ring (bicyclic) bond motifs is 1. The van der Waals surface area contributed by atoms with Gasteiger partial charge in [-0.25, -0.2) is 0 Å². The van der Waals surface area contributed by atoms with Crippen LogP contribution in [0.25, 0.3) is 10.9 Å². The molecule has 1 aromatic heterocycles. The molecule has 1 saturated heterocycles. The maximum Gasteiger partial charge on any atom is 0.270 e. The first kappa shape index (κ1) is 22.5. The molecule has 0 saturated carbocycles. The molecule has 1 N–H and O–H groups in total. The maximum absolute atomic E-state index is 13.2. The quantitative estimate of drug-likeness (QED) is 0.469. The van der Waals surface area contributed by atoms with Gasteiger partial charge in [-0.3, -0.25) is 4.79 Å². The second-order valence-corrected chi connectivity index (χ2v) is 8.41. The Bertz CT molecular complexity index is 1140. The first-order chi connectivity index (χ1) is 15.6. The molecular formula is C24H23Cl2N3O3. The monoisotopic (exact) mass is 471 g/mol. The van der Waals surface area contributed by atoms with Crippen molar-refractivity contribution >= 4 is 40.0 Å². The number of morpholine rings is 1. The first-order valence-electron chi connectivity index (χ1n) is 10.5. The molecule has 1 aliphatic rings. The molecule has 2 heterocycles. The highest BCUT2D eigenvalue weighted by atomic mass is 35.5. The fraction of sp³-hybridized carbons (Fsp3) is 0.333. The number of H-pyrrole nitrogens is 1. The number of aromatic nitrogens is 1. The molecule has 32 heavy (non-hydrogen) atoms. The van der Waals surface area contributed by atoms with E-state index in [0.717, 1.165) is 22.0 Å². The minimum atomic E-state index is -0.0400. The smallest absolute Gasteiger partial charge is 0.270 e. The number of ether oxygens (including phenoxy) is 2. The lowest BCUT2D eigenvalue weighted by Crippen LogP contribution is -2.41. The van der Waals surface area contributed by atoms with Crippen molar-refractivity contribution in [3.8, 4) is 11.8 Å². The molecule has 0 aliphatic carbocycles. The Labute approximate surface area is 196 Å². The van der Waals surface area contributed by atoms with Crippen molar-refractivity contribution in [2.45, 2.75) is 25.9 Å². The summed E-state index contributed by atoms with van der Waals surface area (Å²) in [5.74, 6) is 0.612. The Hall–Kier alpha value is -2.72. The van der Waals surface area contributed by atoms with Crippen molar-refractivity contribution in [3.63, 3.8) is 0 Å². The highest BCUT2D eigenvalue weighted by Crippen LogP contribution is 2.31. The summed E-state index contributed by atoms with van der Waals surface area (Å²) < 4.78 is 11.4. The number of unbranched alkanes of at least 4 members (excludes halogenated alkanes) is 1. The van der Waals surface area contributed by atoms with E-state index in [9.17, 15) is 4.79 Å². The van der Waals surface area contributed by atoms with Gasteiger partial charge in [-0.05, 0) is 48.7 Å². The molecule has 166 valence electrons. The number of nitriles is 1. The summed E-state index contributed by atoms with van der Waals surface area (Å²) in [4.78, 5) is 18.3. The number of carbonyl (C=O) groups is 1. The molecule has 1 fully saturated rings. The van der Waals surface area contributed by atoms with Crippen molar-refractivity contribution in [2.75, 3.05) is 26.3 Å². The van der Waals surface area contributed by atoms with E-state index in [1.807, 2.05) is 18.2 Å². The molecule has 0 radical (unpaired) electrons. The van der Waals surface area contributed by atoms with Crippen LogP contribution in [0.1, 0.15) is 34.5 Å². The van der Waals surface area contributed by atoms with E-state index in [-0.39, 0.29) is 12.5 Å². The number of nitrogens with one attached hydrogen (secondary N) is 1. The van der Waals surface area contributed by atoms with E-state index in [1.54, 1.807) is 23.1 Å². The van der Waals surface area contributed by atoms with Gasteiger partial charge in [0.1, 0.15) is 18.1 Å². The summed E-state index contributed by atoms with van der Waals surface area (Å²) in [6.45, 7) is 2.45. The topological polar surface area (TPSA) is 78.4 Å². The van der Waals surface area contributed by atoms with E-state index in [0.29, 0.717) is 67.1 Å². The number of aromatic amines is 1. The fourth-order valence-electron chi connectivity index (χ4n) is 3.85. The van der Waals surface area contributed by atoms with Crippen LogP contribution in [-0.2, 0) is 17.8 Å². The minimum absolute atomic E-state index is 0.0400. The molecule has 2 aromatic carbocycles. The van der Waals surface area contributed by atoms with Crippen molar-refractivity contribution in [1.82, 2.24) is 9.88 Å². The van der Waals surface area contributed by atoms with E-state index in [1.165, 1.54) is 0 Å². The SMILES string of the molecule is N#CCCCc1c(C(=O)N2CCOCC2)[nH]c2ccc(OCc3c(Cl)cccc3Cl)cc12. The van der Waals surface area contributed by atoms with Crippen molar-refractivity contribution in [2.24, 2.45) is 0 Å². The molecule has 0 unspecified atom stereocenters. The van der Waals surface area contributed by atoms with Gasteiger partial charge in [0.2, 0.25) is 0 Å². The largest absolute Gasteiger partial charge is 0.489 e. The molecule has 0 bridgehead atoms. The number of hydrogen-bond acceptors (Lipinski definition) is 4. The third-order valence-corrected chi connectivity index (χ3v) is 6.26. The van der Waals surface area contributed by atoms with Gasteiger partial charge in [0.05, 0.1) is 19.3 Å². The maximum atomic E-state index is 13.2. The lowest BCUT2D eigenvalue weighted by Gasteiger charge is -2.26. The lowest BCUT2D eigenvalue weighted by atomic mass is 10.0. The van der Waals surface area contributed by atoms with E-state index >= 15 is 0 Å². The van der Waals surface area contributed by atoms with Crippen molar-refractivity contribution < 1.29 is 14.3 Å². The molecule has 1 aliphatic heterocycles.